The van der Waals surface area contributed by atoms with Gasteiger partial charge in [0.15, 0.2) is 5.17 Å². The predicted molar refractivity (Wildman–Crippen MR) is 99.2 cm³/mol. The summed E-state index contributed by atoms with van der Waals surface area (Å²) in [6.07, 6.45) is 0. The summed E-state index contributed by atoms with van der Waals surface area (Å²) in [5.74, 6) is 0.770. The van der Waals surface area contributed by atoms with Gasteiger partial charge in [0, 0.05) is 17.4 Å². The minimum atomic E-state index is -0.112. The molecule has 0 bridgehead atoms. The Bertz CT molecular complexity index is 627. The Hall–Kier alpha value is -1.82. The first-order chi connectivity index (χ1) is 10.7. The van der Waals surface area contributed by atoms with Crippen LogP contribution >= 0.6 is 11.8 Å². The molecule has 2 rings (SSSR count). The number of nitrogens with zero attached hydrogens (tertiary/aromatic N) is 2. The number of rotatable bonds is 3. The number of carbonyl (C=O) groups excluding carboxylic acids is 1. The maximum atomic E-state index is 11.7. The maximum Gasteiger partial charge on any atom is 0.226 e. The van der Waals surface area contributed by atoms with Crippen LogP contribution in [0.2, 0.25) is 0 Å². The van der Waals surface area contributed by atoms with Crippen LogP contribution < -0.4 is 10.7 Å². The molecule has 0 saturated carbocycles. The van der Waals surface area contributed by atoms with E-state index >= 15 is 0 Å². The Labute approximate surface area is 142 Å². The molecule has 2 N–H and O–H groups in total. The summed E-state index contributed by atoms with van der Waals surface area (Å²) in [6, 6.07) is 7.76. The van der Waals surface area contributed by atoms with Crippen molar-refractivity contribution >= 4 is 34.2 Å². The average Bonchev–Trinajstić information content (AvgIpc) is 2.47. The first kappa shape index (κ1) is 17.5. The number of carbonyl (C=O) groups is 1. The monoisotopic (exact) mass is 332 g/mol. The van der Waals surface area contributed by atoms with Crippen LogP contribution in [0.1, 0.15) is 40.2 Å². The molecule has 0 radical (unpaired) electrons. The van der Waals surface area contributed by atoms with E-state index in [0.717, 1.165) is 27.9 Å². The third kappa shape index (κ3) is 5.39. The van der Waals surface area contributed by atoms with E-state index in [0.29, 0.717) is 0 Å². The van der Waals surface area contributed by atoms with Crippen molar-refractivity contribution in [1.82, 2.24) is 5.43 Å². The molecule has 0 fully saturated rings. The van der Waals surface area contributed by atoms with E-state index in [1.165, 1.54) is 0 Å². The first-order valence-electron chi connectivity index (χ1n) is 7.71. The lowest BCUT2D eigenvalue weighted by Gasteiger charge is -2.19. The highest BCUT2D eigenvalue weighted by Gasteiger charge is 2.16. The number of benzene rings is 1. The van der Waals surface area contributed by atoms with Crippen LogP contribution in [0, 0.1) is 5.92 Å². The highest BCUT2D eigenvalue weighted by Crippen LogP contribution is 2.18. The van der Waals surface area contributed by atoms with E-state index in [1.54, 1.807) is 11.8 Å². The van der Waals surface area contributed by atoms with Gasteiger partial charge in [-0.2, -0.15) is 5.10 Å². The van der Waals surface area contributed by atoms with Gasteiger partial charge in [-0.05, 0) is 38.5 Å². The van der Waals surface area contributed by atoms with Crippen molar-refractivity contribution in [1.29, 1.82) is 0 Å². The highest BCUT2D eigenvalue weighted by molar-refractivity contribution is 8.14. The van der Waals surface area contributed by atoms with Crippen molar-refractivity contribution in [3.63, 3.8) is 0 Å². The summed E-state index contributed by atoms with van der Waals surface area (Å²) in [4.78, 5) is 16.3. The molecule has 0 spiro atoms. The summed E-state index contributed by atoms with van der Waals surface area (Å²) >= 11 is 1.65. The lowest BCUT2D eigenvalue weighted by molar-refractivity contribution is -0.118. The van der Waals surface area contributed by atoms with Crippen molar-refractivity contribution in [3.05, 3.63) is 29.8 Å². The molecule has 1 aliphatic rings. The smallest absolute Gasteiger partial charge is 0.226 e. The van der Waals surface area contributed by atoms with Crippen molar-refractivity contribution in [3.8, 4) is 0 Å². The Morgan fingerprint density at radius 1 is 1.30 bits per heavy atom. The number of hydrazone groups is 1. The van der Waals surface area contributed by atoms with Gasteiger partial charge in [-0.25, -0.2) is 0 Å². The zero-order chi connectivity index (χ0) is 17.0. The molecule has 5 nitrogen and oxygen atoms in total. The van der Waals surface area contributed by atoms with Crippen molar-refractivity contribution in [2.45, 2.75) is 40.2 Å². The van der Waals surface area contributed by atoms with Crippen molar-refractivity contribution in [2.24, 2.45) is 16.0 Å². The molecule has 0 aromatic heterocycles. The number of anilines is 1. The third-order valence-electron chi connectivity index (χ3n) is 3.08. The number of hydrogen-bond acceptors (Lipinski definition) is 4. The Kier molecular flexibility index (Phi) is 5.46. The maximum absolute atomic E-state index is 11.7. The van der Waals surface area contributed by atoms with E-state index in [-0.39, 0.29) is 17.4 Å². The number of hydrogen-bond donors (Lipinski definition) is 2. The zero-order valence-corrected chi connectivity index (χ0v) is 15.1. The topological polar surface area (TPSA) is 65.8 Å². The van der Waals surface area contributed by atoms with Crippen LogP contribution in [-0.4, -0.2) is 28.1 Å². The molecular weight excluding hydrogens is 308 g/mol. The number of thioether (sulfide) groups is 1. The molecule has 0 atom stereocenters. The lowest BCUT2D eigenvalue weighted by atomic mass is 10.1. The van der Waals surface area contributed by atoms with Gasteiger partial charge in [0.2, 0.25) is 5.91 Å². The summed E-state index contributed by atoms with van der Waals surface area (Å²) in [5.41, 5.74) is 5.73. The van der Waals surface area contributed by atoms with Gasteiger partial charge < -0.3 is 5.32 Å². The van der Waals surface area contributed by atoms with Gasteiger partial charge >= 0.3 is 0 Å². The molecule has 124 valence electrons. The van der Waals surface area contributed by atoms with E-state index in [1.807, 2.05) is 38.1 Å². The number of aliphatic imine (C=N–C) groups is 1. The minimum Gasteiger partial charge on any atom is -0.326 e. The number of nitrogens with one attached hydrogen (secondary N) is 2. The molecular formula is C17H24N4OS. The number of amidine groups is 1. The summed E-state index contributed by atoms with van der Waals surface area (Å²) in [5, 5.41) is 8.15. The fourth-order valence-corrected chi connectivity index (χ4v) is 2.81. The molecule has 0 unspecified atom stereocenters. The Morgan fingerprint density at radius 2 is 1.96 bits per heavy atom. The zero-order valence-electron chi connectivity index (χ0n) is 14.3. The molecule has 1 aromatic rings. The average molecular weight is 332 g/mol. The van der Waals surface area contributed by atoms with E-state index in [9.17, 15) is 4.79 Å². The van der Waals surface area contributed by atoms with E-state index in [4.69, 9.17) is 0 Å². The highest BCUT2D eigenvalue weighted by atomic mass is 32.2. The van der Waals surface area contributed by atoms with Crippen molar-refractivity contribution < 1.29 is 4.79 Å². The van der Waals surface area contributed by atoms with Gasteiger partial charge in [0.05, 0.1) is 11.3 Å². The van der Waals surface area contributed by atoms with E-state index in [2.05, 4.69) is 41.6 Å². The fraction of sp³-hybridized carbons (Fsp3) is 0.471. The minimum absolute atomic E-state index is 0.0213. The largest absolute Gasteiger partial charge is 0.326 e. The molecule has 23 heavy (non-hydrogen) atoms. The molecule has 0 aliphatic carbocycles. The normalized spacial score (nSPS) is 17.0. The molecule has 1 aromatic carbocycles. The summed E-state index contributed by atoms with van der Waals surface area (Å²) in [6.45, 7) is 9.93. The van der Waals surface area contributed by atoms with Crippen LogP contribution in [0.25, 0.3) is 0 Å². The van der Waals surface area contributed by atoms with Crippen molar-refractivity contribution in [2.75, 3.05) is 11.1 Å². The summed E-state index contributed by atoms with van der Waals surface area (Å²) in [7, 11) is 0. The third-order valence-corrected chi connectivity index (χ3v) is 3.95. The molecule has 1 aliphatic heterocycles. The van der Waals surface area contributed by atoms with Crippen LogP contribution in [0.15, 0.2) is 34.4 Å². The molecule has 1 amide bonds. The second-order valence-corrected chi connectivity index (χ2v) is 7.73. The Balaban J connectivity index is 2.04. The quantitative estimate of drug-likeness (QED) is 0.890. The SMILES string of the molecule is CC(C)C(=O)Nc1ccc(C2=NNC(=NC(C)(C)C)SC2)cc1. The molecule has 0 saturated heterocycles. The second-order valence-electron chi connectivity index (χ2n) is 6.77. The van der Waals surface area contributed by atoms with Crippen LogP contribution in [0.5, 0.6) is 0 Å². The van der Waals surface area contributed by atoms with Gasteiger partial charge in [-0.1, -0.05) is 37.7 Å². The van der Waals surface area contributed by atoms with Crippen LogP contribution in [0.4, 0.5) is 5.69 Å². The molecule has 6 heteroatoms. The van der Waals surface area contributed by atoms with Gasteiger partial charge in [0.1, 0.15) is 0 Å². The van der Waals surface area contributed by atoms with Crippen LogP contribution in [0.3, 0.4) is 0 Å². The second kappa shape index (κ2) is 7.17. The van der Waals surface area contributed by atoms with Gasteiger partial charge in [0.25, 0.3) is 0 Å². The Morgan fingerprint density at radius 3 is 2.43 bits per heavy atom. The van der Waals surface area contributed by atoms with Gasteiger partial charge in [-0.15, -0.1) is 0 Å². The van der Waals surface area contributed by atoms with E-state index < -0.39 is 0 Å². The summed E-state index contributed by atoms with van der Waals surface area (Å²) < 4.78 is 0. The fourth-order valence-electron chi connectivity index (χ4n) is 1.86. The first-order valence-corrected chi connectivity index (χ1v) is 8.70. The standard InChI is InChI=1S/C17H24N4OS/c1-11(2)15(22)18-13-8-6-12(7-9-13)14-10-23-16(21-20-14)19-17(3,4)5/h6-9,11H,10H2,1-5H3,(H,18,22)(H,19,21). The lowest BCUT2D eigenvalue weighted by Crippen LogP contribution is -2.28. The number of amides is 1. The van der Waals surface area contributed by atoms with Gasteiger partial charge in [-0.3, -0.25) is 15.2 Å². The molecule has 1 heterocycles. The van der Waals surface area contributed by atoms with Crippen LogP contribution in [-0.2, 0) is 4.79 Å². The predicted octanol–water partition coefficient (Wildman–Crippen LogP) is 3.48.